The van der Waals surface area contributed by atoms with Crippen LogP contribution in [0.25, 0.3) is 0 Å². The number of allylic oxidation sites excluding steroid dienone is 2. The highest BCUT2D eigenvalue weighted by Gasteiger charge is 2.63. The molecule has 0 saturated heterocycles. The fourth-order valence-electron chi connectivity index (χ4n) is 8.13. The lowest BCUT2D eigenvalue weighted by molar-refractivity contribution is -0.126. The summed E-state index contributed by atoms with van der Waals surface area (Å²) in [4.78, 5) is 21.8. The molecule has 204 valence electrons. The number of nitrogens with one attached hydrogen (secondary N) is 1. The Hall–Kier alpha value is -2.69. The van der Waals surface area contributed by atoms with Crippen molar-refractivity contribution in [1.29, 1.82) is 0 Å². The summed E-state index contributed by atoms with van der Waals surface area (Å²) >= 11 is 0. The van der Waals surface area contributed by atoms with Crippen LogP contribution in [0.4, 0.5) is 0 Å². The van der Waals surface area contributed by atoms with Crippen molar-refractivity contribution >= 4 is 11.6 Å². The SMILES string of the molecule is C#C[C@@]1(O)CCC2C3CCC4=C/C(=N\OCC(=O)NCC(O)c5ccc(C)nc5)CC[C@]4(C)C3CC[C@@]21C. The number of pyridine rings is 1. The Morgan fingerprint density at radius 3 is 2.76 bits per heavy atom. The average molecular weight is 520 g/mol. The van der Waals surface area contributed by atoms with E-state index in [0.717, 1.165) is 62.8 Å². The molecule has 3 saturated carbocycles. The maximum Gasteiger partial charge on any atom is 0.260 e. The molecule has 7 nitrogen and oxygen atoms in total. The van der Waals surface area contributed by atoms with Gasteiger partial charge in [0.15, 0.2) is 6.61 Å². The zero-order valence-electron chi connectivity index (χ0n) is 22.9. The molecule has 1 aromatic rings. The number of oxime groups is 1. The fourth-order valence-corrected chi connectivity index (χ4v) is 8.13. The van der Waals surface area contributed by atoms with E-state index in [-0.39, 0.29) is 29.9 Å². The zero-order valence-corrected chi connectivity index (χ0v) is 22.9. The van der Waals surface area contributed by atoms with Gasteiger partial charge >= 0.3 is 0 Å². The van der Waals surface area contributed by atoms with E-state index in [4.69, 9.17) is 11.3 Å². The molecular weight excluding hydrogens is 478 g/mol. The first-order valence-corrected chi connectivity index (χ1v) is 14.1. The molecule has 38 heavy (non-hydrogen) atoms. The number of terminal acetylenes is 1. The number of hydrogen-bond donors (Lipinski definition) is 3. The first-order valence-electron chi connectivity index (χ1n) is 14.1. The topological polar surface area (TPSA) is 104 Å². The highest BCUT2D eigenvalue weighted by Crippen LogP contribution is 2.67. The van der Waals surface area contributed by atoms with Gasteiger partial charge in [0.25, 0.3) is 5.91 Å². The third kappa shape index (κ3) is 4.56. The highest BCUT2D eigenvalue weighted by molar-refractivity contribution is 5.96. The predicted octanol–water partition coefficient (Wildman–Crippen LogP) is 4.24. The standard InChI is InChI=1S/C31H41N3O4/c1-5-31(37)15-12-26-24-9-8-22-16-23(10-13-29(22,3)25(24)11-14-30(26,31)4)34-38-19-28(36)33-18-27(35)21-7-6-20(2)32-17-21/h1,6-7,16-17,24-27,35,37H,8-15,18-19H2,2-4H3,(H,33,36)/b34-23-/t24?,25?,26?,27?,29-,30-,31+/m0/s1. The molecule has 3 fully saturated rings. The molecule has 0 bridgehead atoms. The number of aliphatic hydroxyl groups is 2. The van der Waals surface area contributed by atoms with Crippen molar-refractivity contribution in [2.24, 2.45) is 33.7 Å². The molecule has 0 spiro atoms. The largest absolute Gasteiger partial charge is 0.387 e. The summed E-state index contributed by atoms with van der Waals surface area (Å²) in [5.41, 5.74) is 2.86. The molecule has 4 unspecified atom stereocenters. The predicted molar refractivity (Wildman–Crippen MR) is 146 cm³/mol. The maximum atomic E-state index is 12.2. The van der Waals surface area contributed by atoms with Gasteiger partial charge in [0, 0.05) is 29.4 Å². The Kier molecular flexibility index (Phi) is 7.17. The van der Waals surface area contributed by atoms with Crippen LogP contribution in [0.15, 0.2) is 35.1 Å². The van der Waals surface area contributed by atoms with Crippen LogP contribution < -0.4 is 5.32 Å². The quantitative estimate of drug-likeness (QED) is 0.385. The molecule has 3 N–H and O–H groups in total. The molecule has 1 aromatic heterocycles. The van der Waals surface area contributed by atoms with Crippen LogP contribution >= 0.6 is 0 Å². The molecule has 4 aliphatic rings. The van der Waals surface area contributed by atoms with Crippen molar-refractivity contribution < 1.29 is 19.8 Å². The summed E-state index contributed by atoms with van der Waals surface area (Å²) in [6, 6.07) is 3.63. The molecule has 1 heterocycles. The van der Waals surface area contributed by atoms with Crippen molar-refractivity contribution in [3.05, 3.63) is 41.2 Å². The van der Waals surface area contributed by atoms with Crippen LogP contribution in [-0.4, -0.2) is 45.6 Å². The number of aryl methyl sites for hydroxylation is 1. The van der Waals surface area contributed by atoms with Crippen molar-refractivity contribution in [1.82, 2.24) is 10.3 Å². The number of aliphatic hydroxyl groups excluding tert-OH is 1. The first kappa shape index (κ1) is 26.9. The summed E-state index contributed by atoms with van der Waals surface area (Å²) in [7, 11) is 0. The second kappa shape index (κ2) is 10.1. The van der Waals surface area contributed by atoms with Crippen molar-refractivity contribution in [3.8, 4) is 12.3 Å². The minimum absolute atomic E-state index is 0.0905. The van der Waals surface area contributed by atoms with E-state index in [9.17, 15) is 15.0 Å². The summed E-state index contributed by atoms with van der Waals surface area (Å²) in [5, 5.41) is 28.4. The van der Waals surface area contributed by atoms with Gasteiger partial charge < -0.3 is 20.4 Å². The average Bonchev–Trinajstić information content (AvgIpc) is 3.18. The first-order chi connectivity index (χ1) is 18.1. The van der Waals surface area contributed by atoms with Crippen molar-refractivity contribution in [2.75, 3.05) is 13.2 Å². The monoisotopic (exact) mass is 519 g/mol. The molecule has 0 radical (unpaired) electrons. The number of amides is 1. The molecule has 4 aliphatic carbocycles. The number of carbonyl (C=O) groups excluding carboxylic acids is 1. The van der Waals surface area contributed by atoms with E-state index in [2.05, 4.69) is 41.3 Å². The minimum atomic E-state index is -0.967. The Morgan fingerprint density at radius 2 is 2.03 bits per heavy atom. The Labute approximate surface area is 226 Å². The highest BCUT2D eigenvalue weighted by atomic mass is 16.6. The lowest BCUT2D eigenvalue weighted by Gasteiger charge is -2.58. The second-order valence-corrected chi connectivity index (χ2v) is 12.4. The minimum Gasteiger partial charge on any atom is -0.387 e. The van der Waals surface area contributed by atoms with Crippen LogP contribution in [0.2, 0.25) is 0 Å². The number of rotatable bonds is 6. The molecule has 7 atom stereocenters. The Morgan fingerprint density at radius 1 is 1.24 bits per heavy atom. The molecule has 5 rings (SSSR count). The summed E-state index contributed by atoms with van der Waals surface area (Å²) in [6.45, 7) is 6.43. The van der Waals surface area contributed by atoms with E-state index in [1.165, 1.54) is 5.57 Å². The van der Waals surface area contributed by atoms with Gasteiger partial charge in [0.05, 0.1) is 11.8 Å². The van der Waals surface area contributed by atoms with Gasteiger partial charge in [-0.2, -0.15) is 0 Å². The van der Waals surface area contributed by atoms with E-state index >= 15 is 0 Å². The fraction of sp³-hybridized carbons (Fsp3) is 0.645. The van der Waals surface area contributed by atoms with Gasteiger partial charge in [-0.1, -0.05) is 36.6 Å². The lowest BCUT2D eigenvalue weighted by atomic mass is 9.46. The molecule has 0 aromatic carbocycles. The lowest BCUT2D eigenvalue weighted by Crippen LogP contribution is -2.54. The Balaban J connectivity index is 1.16. The third-order valence-corrected chi connectivity index (χ3v) is 10.6. The Bertz CT molecular complexity index is 1170. The van der Waals surface area contributed by atoms with E-state index < -0.39 is 11.7 Å². The summed E-state index contributed by atoms with van der Waals surface area (Å²) < 4.78 is 0. The normalized spacial score (nSPS) is 37.7. The summed E-state index contributed by atoms with van der Waals surface area (Å²) in [6.07, 6.45) is 16.6. The van der Waals surface area contributed by atoms with Gasteiger partial charge in [0.1, 0.15) is 5.60 Å². The van der Waals surface area contributed by atoms with Crippen LogP contribution in [0, 0.1) is 47.9 Å². The van der Waals surface area contributed by atoms with E-state index in [1.807, 2.05) is 13.0 Å². The summed E-state index contributed by atoms with van der Waals surface area (Å²) in [5.74, 6) is 4.13. The number of nitrogens with zero attached hydrogens (tertiary/aromatic N) is 2. The van der Waals surface area contributed by atoms with Crippen LogP contribution in [0.1, 0.15) is 82.6 Å². The second-order valence-electron chi connectivity index (χ2n) is 12.4. The van der Waals surface area contributed by atoms with Gasteiger partial charge in [-0.3, -0.25) is 9.78 Å². The van der Waals surface area contributed by atoms with Crippen LogP contribution in [0.5, 0.6) is 0 Å². The molecule has 0 aliphatic heterocycles. The number of carbonyl (C=O) groups is 1. The number of hydrogen-bond acceptors (Lipinski definition) is 6. The molecule has 7 heteroatoms. The molecule has 1 amide bonds. The molecular formula is C31H41N3O4. The number of aromatic nitrogens is 1. The zero-order chi connectivity index (χ0) is 27.1. The van der Waals surface area contributed by atoms with Crippen molar-refractivity contribution in [3.63, 3.8) is 0 Å². The van der Waals surface area contributed by atoms with E-state index in [1.54, 1.807) is 12.3 Å². The van der Waals surface area contributed by atoms with Crippen molar-refractivity contribution in [2.45, 2.75) is 83.8 Å². The van der Waals surface area contributed by atoms with Gasteiger partial charge in [-0.15, -0.1) is 6.42 Å². The number of fused-ring (bicyclic) bond motifs is 5. The van der Waals surface area contributed by atoms with Crippen LogP contribution in [0.3, 0.4) is 0 Å². The smallest absolute Gasteiger partial charge is 0.260 e. The van der Waals surface area contributed by atoms with E-state index in [0.29, 0.717) is 23.3 Å². The van der Waals surface area contributed by atoms with Crippen LogP contribution in [-0.2, 0) is 9.63 Å². The maximum absolute atomic E-state index is 12.2. The van der Waals surface area contributed by atoms with Gasteiger partial charge in [-0.25, -0.2) is 0 Å². The van der Waals surface area contributed by atoms with Gasteiger partial charge in [-0.05, 0) is 93.6 Å². The third-order valence-electron chi connectivity index (χ3n) is 10.6. The van der Waals surface area contributed by atoms with Gasteiger partial charge in [0.2, 0.25) is 0 Å².